The fraction of sp³-hybridized carbons (Fsp3) is 0. The number of benzene rings is 2. The Bertz CT molecular complexity index is 735. The van der Waals surface area contributed by atoms with Crippen molar-refractivity contribution in [3.05, 3.63) is 56.5 Å². The van der Waals surface area contributed by atoms with Crippen molar-refractivity contribution in [1.82, 2.24) is 0 Å². The number of anilines is 1. The average molecular weight is 430 g/mol. The molecule has 4 N–H and O–H groups in total. The van der Waals surface area contributed by atoms with Gasteiger partial charge in [-0.15, -0.1) is 0 Å². The molecule has 7 heteroatoms. The molecule has 0 aliphatic heterocycles. The number of aromatic hydroxyl groups is 1. The van der Waals surface area contributed by atoms with Crippen LogP contribution in [0.1, 0.15) is 15.9 Å². The Kier molecular flexibility index (Phi) is 4.97. The summed E-state index contributed by atoms with van der Waals surface area (Å²) < 4.78 is 1.46. The molecule has 0 heterocycles. The van der Waals surface area contributed by atoms with Gasteiger partial charge in [0.25, 0.3) is 5.91 Å². The molecule has 0 unspecified atom stereocenters. The fourth-order valence-electron chi connectivity index (χ4n) is 1.71. The molecule has 0 aliphatic rings. The monoisotopic (exact) mass is 428 g/mol. The van der Waals surface area contributed by atoms with E-state index in [1.54, 1.807) is 24.3 Å². The van der Waals surface area contributed by atoms with E-state index in [4.69, 9.17) is 18.0 Å². The topological polar surface area (TPSA) is 75.3 Å². The van der Waals surface area contributed by atoms with Crippen LogP contribution in [0.2, 0.25) is 0 Å². The third-order valence-corrected chi connectivity index (χ3v) is 3.90. The molecule has 2 aromatic carbocycles. The second kappa shape index (κ2) is 6.55. The summed E-state index contributed by atoms with van der Waals surface area (Å²) in [6.45, 7) is 0. The lowest BCUT2D eigenvalue weighted by molar-refractivity contribution is 0.102. The van der Waals surface area contributed by atoms with Crippen LogP contribution in [0.3, 0.4) is 0 Å². The minimum atomic E-state index is -0.454. The van der Waals surface area contributed by atoms with Gasteiger partial charge in [-0.05, 0) is 36.4 Å². The number of hydrogen-bond acceptors (Lipinski definition) is 3. The van der Waals surface area contributed by atoms with Gasteiger partial charge in [-0.1, -0.05) is 44.1 Å². The van der Waals surface area contributed by atoms with Gasteiger partial charge in [0.05, 0.1) is 11.3 Å². The lowest BCUT2D eigenvalue weighted by atomic mass is 10.1. The quantitative estimate of drug-likeness (QED) is 0.648. The van der Waals surface area contributed by atoms with E-state index in [0.717, 1.165) is 4.47 Å². The van der Waals surface area contributed by atoms with Crippen LogP contribution in [0.15, 0.2) is 45.3 Å². The summed E-state index contributed by atoms with van der Waals surface area (Å²) in [4.78, 5) is 12.5. The first-order chi connectivity index (χ1) is 9.88. The molecule has 2 rings (SSSR count). The Morgan fingerprint density at radius 3 is 2.38 bits per heavy atom. The maximum atomic E-state index is 12.3. The number of thiocarbonyl (C=S) groups is 1. The van der Waals surface area contributed by atoms with Gasteiger partial charge in [-0.25, -0.2) is 0 Å². The van der Waals surface area contributed by atoms with Crippen LogP contribution in [-0.4, -0.2) is 16.0 Å². The van der Waals surface area contributed by atoms with Crippen LogP contribution in [0.5, 0.6) is 5.75 Å². The number of carbonyl (C=O) groups excluding carboxylic acids is 1. The summed E-state index contributed by atoms with van der Waals surface area (Å²) in [6, 6.07) is 9.80. The molecule has 2 aromatic rings. The summed E-state index contributed by atoms with van der Waals surface area (Å²) in [6.07, 6.45) is 0. The van der Waals surface area contributed by atoms with Crippen LogP contribution in [0.4, 0.5) is 5.69 Å². The van der Waals surface area contributed by atoms with E-state index in [1.807, 2.05) is 0 Å². The highest BCUT2D eigenvalue weighted by atomic mass is 79.9. The minimum absolute atomic E-state index is 0.109. The molecule has 0 aromatic heterocycles. The van der Waals surface area contributed by atoms with Gasteiger partial charge >= 0.3 is 0 Å². The van der Waals surface area contributed by atoms with E-state index in [2.05, 4.69) is 37.2 Å². The maximum Gasteiger partial charge on any atom is 0.259 e. The second-order valence-electron chi connectivity index (χ2n) is 4.17. The average Bonchev–Trinajstić information content (AvgIpc) is 2.41. The Balaban J connectivity index is 2.38. The molecule has 0 radical (unpaired) electrons. The standard InChI is InChI=1S/C14H10Br2N2O2S/c15-7-2-4-12(19)10(5-7)14(20)18-11-6-8(16)1-3-9(11)13(17)21/h1-6,19H,(H2,17,21)(H,18,20). The number of halogens is 2. The predicted molar refractivity (Wildman–Crippen MR) is 93.8 cm³/mol. The fourth-order valence-corrected chi connectivity index (χ4v) is 2.61. The number of nitrogens with two attached hydrogens (primary N) is 1. The van der Waals surface area contributed by atoms with Crippen molar-refractivity contribution in [2.24, 2.45) is 5.73 Å². The Hall–Kier alpha value is -1.44. The number of nitrogens with one attached hydrogen (secondary N) is 1. The van der Waals surface area contributed by atoms with Crippen molar-refractivity contribution in [3.63, 3.8) is 0 Å². The first kappa shape index (κ1) is 15.9. The van der Waals surface area contributed by atoms with E-state index < -0.39 is 5.91 Å². The molecule has 108 valence electrons. The van der Waals surface area contributed by atoms with Crippen LogP contribution >= 0.6 is 44.1 Å². The summed E-state index contributed by atoms with van der Waals surface area (Å²) in [7, 11) is 0. The van der Waals surface area contributed by atoms with Gasteiger partial charge < -0.3 is 16.2 Å². The maximum absolute atomic E-state index is 12.3. The number of phenolic OH excluding ortho intramolecular Hbond substituents is 1. The Morgan fingerprint density at radius 2 is 1.71 bits per heavy atom. The zero-order valence-electron chi connectivity index (χ0n) is 10.6. The molecule has 0 saturated carbocycles. The van der Waals surface area contributed by atoms with E-state index in [-0.39, 0.29) is 16.3 Å². The second-order valence-corrected chi connectivity index (χ2v) is 6.44. The molecule has 0 fully saturated rings. The predicted octanol–water partition coefficient (Wildman–Crippen LogP) is 3.80. The summed E-state index contributed by atoms with van der Waals surface area (Å²) >= 11 is 11.5. The number of hydrogen-bond donors (Lipinski definition) is 3. The molecular formula is C14H10Br2N2O2S. The lowest BCUT2D eigenvalue weighted by Crippen LogP contribution is -2.17. The van der Waals surface area contributed by atoms with Gasteiger partial charge in [0.2, 0.25) is 0 Å². The number of carbonyl (C=O) groups is 1. The Labute approximate surface area is 143 Å². The van der Waals surface area contributed by atoms with E-state index in [9.17, 15) is 9.90 Å². The summed E-state index contributed by atoms with van der Waals surface area (Å²) in [5, 5.41) is 12.5. The van der Waals surface area contributed by atoms with Gasteiger partial charge in [0.15, 0.2) is 0 Å². The molecular weight excluding hydrogens is 420 g/mol. The SMILES string of the molecule is NC(=S)c1ccc(Br)cc1NC(=O)c1cc(Br)ccc1O. The van der Waals surface area contributed by atoms with Crippen molar-refractivity contribution < 1.29 is 9.90 Å². The van der Waals surface area contributed by atoms with Crippen LogP contribution in [0, 0.1) is 0 Å². The first-order valence-electron chi connectivity index (χ1n) is 5.77. The first-order valence-corrected chi connectivity index (χ1v) is 7.77. The molecule has 0 atom stereocenters. The van der Waals surface area contributed by atoms with Crippen LogP contribution in [0.25, 0.3) is 0 Å². The molecule has 21 heavy (non-hydrogen) atoms. The molecule has 4 nitrogen and oxygen atoms in total. The van der Waals surface area contributed by atoms with Crippen molar-refractivity contribution in [3.8, 4) is 5.75 Å². The highest BCUT2D eigenvalue weighted by Gasteiger charge is 2.14. The van der Waals surface area contributed by atoms with Crippen molar-refractivity contribution in [1.29, 1.82) is 0 Å². The van der Waals surface area contributed by atoms with Gasteiger partial charge in [-0.2, -0.15) is 0 Å². The highest BCUT2D eigenvalue weighted by Crippen LogP contribution is 2.25. The minimum Gasteiger partial charge on any atom is -0.507 e. The molecule has 0 spiro atoms. The summed E-state index contributed by atoms with van der Waals surface area (Å²) in [5.74, 6) is -0.563. The van der Waals surface area contributed by atoms with Crippen molar-refractivity contribution in [2.45, 2.75) is 0 Å². The molecule has 0 bridgehead atoms. The van der Waals surface area contributed by atoms with E-state index in [1.165, 1.54) is 12.1 Å². The van der Waals surface area contributed by atoms with Crippen molar-refractivity contribution >= 4 is 60.7 Å². The van der Waals surface area contributed by atoms with Gasteiger partial charge in [0, 0.05) is 14.5 Å². The molecule has 0 saturated heterocycles. The van der Waals surface area contributed by atoms with E-state index >= 15 is 0 Å². The zero-order chi connectivity index (χ0) is 15.6. The highest BCUT2D eigenvalue weighted by molar-refractivity contribution is 9.10. The van der Waals surface area contributed by atoms with E-state index in [0.29, 0.717) is 15.7 Å². The number of amides is 1. The largest absolute Gasteiger partial charge is 0.507 e. The van der Waals surface area contributed by atoms with Gasteiger partial charge in [-0.3, -0.25) is 4.79 Å². The number of phenols is 1. The molecule has 0 aliphatic carbocycles. The molecule has 1 amide bonds. The third-order valence-electron chi connectivity index (χ3n) is 2.70. The lowest BCUT2D eigenvalue weighted by Gasteiger charge is -2.11. The third kappa shape index (κ3) is 3.81. The van der Waals surface area contributed by atoms with Gasteiger partial charge in [0.1, 0.15) is 10.7 Å². The summed E-state index contributed by atoms with van der Waals surface area (Å²) in [5.41, 5.74) is 6.82. The number of rotatable bonds is 3. The zero-order valence-corrected chi connectivity index (χ0v) is 14.5. The van der Waals surface area contributed by atoms with Crippen LogP contribution in [-0.2, 0) is 0 Å². The smallest absolute Gasteiger partial charge is 0.259 e. The van der Waals surface area contributed by atoms with Crippen LogP contribution < -0.4 is 11.1 Å². The van der Waals surface area contributed by atoms with Crippen molar-refractivity contribution in [2.75, 3.05) is 5.32 Å². The Morgan fingerprint density at radius 1 is 1.10 bits per heavy atom. The normalized spacial score (nSPS) is 10.2.